The molecule has 1 aliphatic rings. The monoisotopic (exact) mass is 554 g/mol. The van der Waals surface area contributed by atoms with Crippen molar-refractivity contribution in [2.45, 2.75) is 128 Å². The number of anilines is 1. The molecule has 222 valence electrons. The first-order valence-electron chi connectivity index (χ1n) is 14.3. The van der Waals surface area contributed by atoms with Gasteiger partial charge in [0.25, 0.3) is 5.69 Å². The predicted molar refractivity (Wildman–Crippen MR) is 146 cm³/mol. The number of unbranched alkanes of at least 4 members (excludes halogenated alkanes) is 12. The maximum Gasteiger partial charge on any atom is 0.271 e. The Hall–Kier alpha value is -2.31. The Morgan fingerprint density at radius 3 is 2.05 bits per heavy atom. The molecule has 1 amide bonds. The Balaban J connectivity index is 1.78. The quantitative estimate of drug-likeness (QED) is 0.0955. The number of aliphatic hydroxyl groups excluding tert-OH is 4. The molecule has 1 unspecified atom stereocenters. The van der Waals surface area contributed by atoms with Gasteiger partial charge in [0.1, 0.15) is 24.1 Å². The highest BCUT2D eigenvalue weighted by Gasteiger charge is 2.45. The summed E-state index contributed by atoms with van der Waals surface area (Å²) in [7, 11) is 0. The van der Waals surface area contributed by atoms with Crippen molar-refractivity contribution in [3.8, 4) is 5.75 Å². The van der Waals surface area contributed by atoms with Crippen LogP contribution in [0.4, 0.5) is 11.4 Å². The van der Waals surface area contributed by atoms with E-state index in [4.69, 9.17) is 9.47 Å². The molecule has 2 rings (SSSR count). The minimum atomic E-state index is -1.69. The molecule has 11 heteroatoms. The average Bonchev–Trinajstić information content (AvgIpc) is 2.91. The molecular weight excluding hydrogens is 508 g/mol. The number of hydrogen-bond donors (Lipinski definition) is 5. The summed E-state index contributed by atoms with van der Waals surface area (Å²) in [4.78, 5) is 23.2. The van der Waals surface area contributed by atoms with Crippen molar-refractivity contribution in [2.24, 2.45) is 0 Å². The normalized spacial score (nSPS) is 22.9. The summed E-state index contributed by atoms with van der Waals surface area (Å²) in [5, 5.41) is 53.8. The van der Waals surface area contributed by atoms with Gasteiger partial charge in [0.15, 0.2) is 12.4 Å². The zero-order valence-electron chi connectivity index (χ0n) is 23.0. The molecular formula is C28H46N2O9. The largest absolute Gasteiger partial charge is 0.480 e. The van der Waals surface area contributed by atoms with Crippen molar-refractivity contribution in [1.82, 2.24) is 0 Å². The van der Waals surface area contributed by atoms with Crippen molar-refractivity contribution in [1.29, 1.82) is 0 Å². The Kier molecular flexibility index (Phi) is 15.3. The molecule has 0 aromatic heterocycles. The zero-order valence-corrected chi connectivity index (χ0v) is 23.0. The van der Waals surface area contributed by atoms with Crippen molar-refractivity contribution in [3.63, 3.8) is 0 Å². The summed E-state index contributed by atoms with van der Waals surface area (Å²) in [6.07, 6.45) is 8.16. The summed E-state index contributed by atoms with van der Waals surface area (Å²) in [6, 6.07) is 3.53. The molecule has 0 saturated carbocycles. The van der Waals surface area contributed by atoms with Crippen molar-refractivity contribution < 1.29 is 39.6 Å². The fraction of sp³-hybridized carbons (Fsp3) is 0.750. The maximum absolute atomic E-state index is 12.6. The second kappa shape index (κ2) is 18.1. The third-order valence-electron chi connectivity index (χ3n) is 7.06. The highest BCUT2D eigenvalue weighted by atomic mass is 16.7. The average molecular weight is 555 g/mol. The second-order valence-corrected chi connectivity index (χ2v) is 10.3. The number of non-ortho nitro benzene ring substituents is 1. The van der Waals surface area contributed by atoms with E-state index >= 15 is 0 Å². The van der Waals surface area contributed by atoms with E-state index in [1.807, 2.05) is 0 Å². The minimum Gasteiger partial charge on any atom is -0.480 e. The number of nitrogens with one attached hydrogen (secondary N) is 1. The number of hydrogen-bond acceptors (Lipinski definition) is 9. The first-order valence-corrected chi connectivity index (χ1v) is 14.3. The van der Waals surface area contributed by atoms with Crippen LogP contribution >= 0.6 is 0 Å². The van der Waals surface area contributed by atoms with E-state index in [9.17, 15) is 35.3 Å². The molecule has 0 bridgehead atoms. The molecule has 1 heterocycles. The Morgan fingerprint density at radius 1 is 0.949 bits per heavy atom. The van der Waals surface area contributed by atoms with Gasteiger partial charge in [0, 0.05) is 18.6 Å². The lowest BCUT2D eigenvalue weighted by Gasteiger charge is -2.40. The number of rotatable bonds is 19. The fourth-order valence-corrected chi connectivity index (χ4v) is 4.69. The van der Waals surface area contributed by atoms with E-state index in [1.54, 1.807) is 0 Å². The number of aliphatic hydroxyl groups is 4. The lowest BCUT2D eigenvalue weighted by atomic mass is 9.99. The summed E-state index contributed by atoms with van der Waals surface area (Å²) in [5.41, 5.74) is -0.276. The molecule has 1 aromatic rings. The number of nitrogens with zero attached hydrogens (tertiary/aromatic N) is 1. The number of carbonyl (C=O) groups excluding carboxylic acids is 1. The summed E-state index contributed by atoms with van der Waals surface area (Å²) < 4.78 is 10.7. The van der Waals surface area contributed by atoms with E-state index in [-0.39, 0.29) is 29.5 Å². The van der Waals surface area contributed by atoms with Gasteiger partial charge >= 0.3 is 0 Å². The highest BCUT2D eigenvalue weighted by molar-refractivity contribution is 5.92. The molecule has 5 atom stereocenters. The van der Waals surface area contributed by atoms with Crippen molar-refractivity contribution >= 4 is 17.3 Å². The maximum atomic E-state index is 12.6. The van der Waals surface area contributed by atoms with Gasteiger partial charge in [-0.25, -0.2) is 0 Å². The van der Waals surface area contributed by atoms with Crippen LogP contribution in [0.5, 0.6) is 5.75 Å². The van der Waals surface area contributed by atoms with Gasteiger partial charge < -0.3 is 35.2 Å². The predicted octanol–water partition coefficient (Wildman–Crippen LogP) is 4.19. The molecule has 1 saturated heterocycles. The lowest BCUT2D eigenvalue weighted by molar-refractivity contribution is -0.384. The van der Waals surface area contributed by atoms with Gasteiger partial charge in [-0.05, 0) is 12.5 Å². The molecule has 0 spiro atoms. The minimum absolute atomic E-state index is 0.00191. The molecule has 11 nitrogen and oxygen atoms in total. The summed E-state index contributed by atoms with van der Waals surface area (Å²) >= 11 is 0. The van der Waals surface area contributed by atoms with E-state index in [0.717, 1.165) is 31.4 Å². The summed E-state index contributed by atoms with van der Waals surface area (Å²) in [5.74, 6) is -0.384. The van der Waals surface area contributed by atoms with E-state index in [2.05, 4.69) is 12.2 Å². The van der Waals surface area contributed by atoms with Gasteiger partial charge in [-0.15, -0.1) is 0 Å². The Labute approximate surface area is 230 Å². The van der Waals surface area contributed by atoms with E-state index < -0.39 is 42.2 Å². The topological polar surface area (TPSA) is 172 Å². The Bertz CT molecular complexity index is 869. The van der Waals surface area contributed by atoms with Gasteiger partial charge in [-0.1, -0.05) is 84.0 Å². The molecule has 0 aliphatic carbocycles. The summed E-state index contributed by atoms with van der Waals surface area (Å²) in [6.45, 7) is 1.60. The molecule has 0 radical (unpaired) electrons. The van der Waals surface area contributed by atoms with Crippen LogP contribution in [0.15, 0.2) is 18.2 Å². The SMILES string of the molecule is CCCCCCCCCCCCCCCC(=O)Nc1cc([N+](=O)[O-])ccc1O[C@H]1C(O)O[C@H](CO)[C@@H](O)[C@@H]1O. The zero-order chi connectivity index (χ0) is 28.6. The highest BCUT2D eigenvalue weighted by Crippen LogP contribution is 2.33. The number of benzene rings is 1. The Morgan fingerprint density at radius 2 is 1.51 bits per heavy atom. The smallest absolute Gasteiger partial charge is 0.271 e. The van der Waals surface area contributed by atoms with Crippen LogP contribution in [-0.2, 0) is 9.53 Å². The van der Waals surface area contributed by atoms with Crippen LogP contribution < -0.4 is 10.1 Å². The van der Waals surface area contributed by atoms with E-state index in [0.29, 0.717) is 6.42 Å². The molecule has 39 heavy (non-hydrogen) atoms. The molecule has 1 aromatic carbocycles. The van der Waals surface area contributed by atoms with Gasteiger partial charge in [-0.2, -0.15) is 0 Å². The van der Waals surface area contributed by atoms with Crippen LogP contribution in [0.1, 0.15) is 96.8 Å². The first kappa shape index (κ1) is 32.9. The first-order chi connectivity index (χ1) is 18.8. The lowest BCUT2D eigenvalue weighted by Crippen LogP contribution is -2.60. The van der Waals surface area contributed by atoms with Crippen LogP contribution in [-0.4, -0.2) is 68.6 Å². The molecule has 1 aliphatic heterocycles. The number of nitro groups is 1. The van der Waals surface area contributed by atoms with Crippen LogP contribution in [0.3, 0.4) is 0 Å². The molecule has 5 N–H and O–H groups in total. The number of amides is 1. The number of carbonyl (C=O) groups is 1. The third-order valence-corrected chi connectivity index (χ3v) is 7.06. The van der Waals surface area contributed by atoms with Gasteiger partial charge in [0.05, 0.1) is 17.2 Å². The van der Waals surface area contributed by atoms with Crippen LogP contribution in [0, 0.1) is 10.1 Å². The van der Waals surface area contributed by atoms with Crippen molar-refractivity contribution in [2.75, 3.05) is 11.9 Å². The second-order valence-electron chi connectivity index (χ2n) is 10.3. The number of nitro benzene ring substituents is 1. The standard InChI is InChI=1S/C28H46N2O9/c1-2-3-4-5-6-7-8-9-10-11-12-13-14-15-24(32)29-21-18-20(30(36)37)16-17-22(21)38-27-26(34)25(33)23(19-31)39-28(27)35/h16-18,23,25-28,31,33-35H,2-15,19H2,1H3,(H,29,32)/t23-,25-,26+,27-,28?/m1/s1. The fourth-order valence-electron chi connectivity index (χ4n) is 4.69. The van der Waals surface area contributed by atoms with Crippen LogP contribution in [0.25, 0.3) is 0 Å². The number of ether oxygens (including phenoxy) is 2. The van der Waals surface area contributed by atoms with Crippen LogP contribution in [0.2, 0.25) is 0 Å². The van der Waals surface area contributed by atoms with Gasteiger partial charge in [0.2, 0.25) is 5.91 Å². The molecule has 1 fully saturated rings. The van der Waals surface area contributed by atoms with E-state index in [1.165, 1.54) is 63.9 Å². The third kappa shape index (κ3) is 11.4. The van der Waals surface area contributed by atoms with Gasteiger partial charge in [-0.3, -0.25) is 14.9 Å². The van der Waals surface area contributed by atoms with Crippen molar-refractivity contribution in [3.05, 3.63) is 28.3 Å².